The Balaban J connectivity index is 1.66. The molecule has 1 aromatic heterocycles. The van der Waals surface area contributed by atoms with Crippen LogP contribution in [0.2, 0.25) is 0 Å². The third kappa shape index (κ3) is 3.04. The van der Waals surface area contributed by atoms with Gasteiger partial charge in [-0.1, -0.05) is 18.6 Å². The van der Waals surface area contributed by atoms with Crippen LogP contribution in [-0.2, 0) is 0 Å². The number of thiazole rings is 1. The number of hydrogen-bond acceptors (Lipinski definition) is 3. The highest BCUT2D eigenvalue weighted by atomic mass is 32.1. The Morgan fingerprint density at radius 2 is 2.20 bits per heavy atom. The van der Waals surface area contributed by atoms with E-state index in [1.165, 1.54) is 23.2 Å². The maximum absolute atomic E-state index is 4.51. The van der Waals surface area contributed by atoms with Gasteiger partial charge < -0.3 is 5.32 Å². The van der Waals surface area contributed by atoms with Gasteiger partial charge in [-0.2, -0.15) is 0 Å². The van der Waals surface area contributed by atoms with Gasteiger partial charge in [0.25, 0.3) is 0 Å². The number of aromatic nitrogens is 1. The van der Waals surface area contributed by atoms with Gasteiger partial charge in [0.1, 0.15) is 0 Å². The molecule has 0 saturated carbocycles. The van der Waals surface area contributed by atoms with E-state index in [4.69, 9.17) is 0 Å². The van der Waals surface area contributed by atoms with Crippen molar-refractivity contribution in [2.75, 3.05) is 11.9 Å². The molecule has 0 bridgehead atoms. The average molecular weight is 286 g/mol. The summed E-state index contributed by atoms with van der Waals surface area (Å²) in [6.45, 7) is 7.71. The zero-order valence-electron chi connectivity index (χ0n) is 12.4. The van der Waals surface area contributed by atoms with Crippen LogP contribution < -0.4 is 5.32 Å². The summed E-state index contributed by atoms with van der Waals surface area (Å²) in [6.07, 6.45) is 4.95. The van der Waals surface area contributed by atoms with Crippen LogP contribution >= 0.6 is 11.3 Å². The molecule has 0 fully saturated rings. The Morgan fingerprint density at radius 1 is 1.35 bits per heavy atom. The summed E-state index contributed by atoms with van der Waals surface area (Å²) in [7, 11) is 0. The predicted molar refractivity (Wildman–Crippen MR) is 88.5 cm³/mol. The van der Waals surface area contributed by atoms with Gasteiger partial charge in [-0.25, -0.2) is 4.98 Å². The van der Waals surface area contributed by atoms with Crippen molar-refractivity contribution in [3.63, 3.8) is 0 Å². The van der Waals surface area contributed by atoms with E-state index < -0.39 is 0 Å². The summed E-state index contributed by atoms with van der Waals surface area (Å²) in [5.41, 5.74) is 3.88. The van der Waals surface area contributed by atoms with E-state index in [1.54, 1.807) is 16.9 Å². The molecule has 106 valence electrons. The summed E-state index contributed by atoms with van der Waals surface area (Å²) in [5, 5.41) is 4.75. The number of allylic oxidation sites excluding steroid dienone is 2. The normalized spacial score (nSPS) is 22.9. The van der Waals surface area contributed by atoms with Crippen molar-refractivity contribution in [3.8, 4) is 0 Å². The Kier molecular flexibility index (Phi) is 3.79. The molecule has 1 aliphatic carbocycles. The van der Waals surface area contributed by atoms with Crippen molar-refractivity contribution < 1.29 is 0 Å². The van der Waals surface area contributed by atoms with Crippen LogP contribution in [0, 0.1) is 18.8 Å². The van der Waals surface area contributed by atoms with E-state index >= 15 is 0 Å². The summed E-state index contributed by atoms with van der Waals surface area (Å²) >= 11 is 1.77. The minimum Gasteiger partial charge on any atom is -0.385 e. The lowest BCUT2D eigenvalue weighted by Gasteiger charge is -2.26. The number of hydrogen-bond donors (Lipinski definition) is 1. The van der Waals surface area contributed by atoms with Crippen LogP contribution in [-0.4, -0.2) is 11.5 Å². The highest BCUT2D eigenvalue weighted by Crippen LogP contribution is 2.29. The van der Waals surface area contributed by atoms with Crippen molar-refractivity contribution in [2.45, 2.75) is 33.6 Å². The number of aryl methyl sites for hydroxylation is 1. The molecule has 0 radical (unpaired) electrons. The fourth-order valence-corrected chi connectivity index (χ4v) is 4.12. The zero-order valence-corrected chi connectivity index (χ0v) is 13.3. The Hall–Kier alpha value is -1.35. The fourth-order valence-electron chi connectivity index (χ4n) is 3.25. The standard InChI is InChI=1S/C17H22N2S/c1-11-6-12(2)8-14(7-11)10-18-15-4-5-16-17(9-15)20-13(3)19-16/h4-6,9,11,14,18H,7-8,10H2,1-3H3. The van der Waals surface area contributed by atoms with Crippen LogP contribution in [0.1, 0.15) is 31.7 Å². The van der Waals surface area contributed by atoms with Gasteiger partial charge in [0.15, 0.2) is 0 Å². The first-order chi connectivity index (χ1) is 9.60. The molecule has 0 saturated heterocycles. The van der Waals surface area contributed by atoms with Gasteiger partial charge in [-0.15, -0.1) is 11.3 Å². The van der Waals surface area contributed by atoms with E-state index in [0.29, 0.717) is 0 Å². The molecule has 3 heteroatoms. The van der Waals surface area contributed by atoms with E-state index in [9.17, 15) is 0 Å². The molecule has 1 N–H and O–H groups in total. The molecule has 2 aromatic rings. The van der Waals surface area contributed by atoms with Gasteiger partial charge >= 0.3 is 0 Å². The molecule has 2 atom stereocenters. The smallest absolute Gasteiger partial charge is 0.0907 e. The molecule has 0 aliphatic heterocycles. The van der Waals surface area contributed by atoms with Crippen molar-refractivity contribution in [2.24, 2.45) is 11.8 Å². The van der Waals surface area contributed by atoms with Crippen molar-refractivity contribution in [1.82, 2.24) is 4.98 Å². The highest BCUT2D eigenvalue weighted by Gasteiger charge is 2.17. The van der Waals surface area contributed by atoms with E-state index in [1.807, 2.05) is 0 Å². The Labute approximate surface area is 124 Å². The first-order valence-corrected chi connectivity index (χ1v) is 8.20. The molecule has 1 heterocycles. The molecular formula is C17H22N2S. The monoisotopic (exact) mass is 286 g/mol. The number of nitrogens with one attached hydrogen (secondary N) is 1. The number of benzene rings is 1. The number of anilines is 1. The maximum Gasteiger partial charge on any atom is 0.0907 e. The Morgan fingerprint density at radius 3 is 3.00 bits per heavy atom. The molecule has 3 rings (SSSR count). The molecule has 2 unspecified atom stereocenters. The zero-order chi connectivity index (χ0) is 14.1. The van der Waals surface area contributed by atoms with Crippen LogP contribution in [0.5, 0.6) is 0 Å². The Bertz CT molecular complexity index is 641. The average Bonchev–Trinajstić information content (AvgIpc) is 2.74. The molecule has 1 aromatic carbocycles. The second kappa shape index (κ2) is 5.57. The highest BCUT2D eigenvalue weighted by molar-refractivity contribution is 7.18. The third-order valence-corrected chi connectivity index (χ3v) is 4.91. The molecule has 0 spiro atoms. The van der Waals surface area contributed by atoms with Crippen molar-refractivity contribution in [3.05, 3.63) is 34.9 Å². The van der Waals surface area contributed by atoms with Crippen LogP contribution in [0.25, 0.3) is 10.2 Å². The largest absolute Gasteiger partial charge is 0.385 e. The van der Waals surface area contributed by atoms with E-state index in [-0.39, 0.29) is 0 Å². The minimum atomic E-state index is 0.724. The number of fused-ring (bicyclic) bond motifs is 1. The van der Waals surface area contributed by atoms with Gasteiger partial charge in [-0.3, -0.25) is 0 Å². The lowest BCUT2D eigenvalue weighted by Crippen LogP contribution is -2.20. The molecule has 2 nitrogen and oxygen atoms in total. The summed E-state index contributed by atoms with van der Waals surface area (Å²) in [4.78, 5) is 4.51. The molecular weight excluding hydrogens is 264 g/mol. The molecule has 1 aliphatic rings. The van der Waals surface area contributed by atoms with Crippen molar-refractivity contribution in [1.29, 1.82) is 0 Å². The van der Waals surface area contributed by atoms with Crippen LogP contribution in [0.3, 0.4) is 0 Å². The van der Waals surface area contributed by atoms with Crippen LogP contribution in [0.4, 0.5) is 5.69 Å². The maximum atomic E-state index is 4.51. The second-order valence-corrected chi connectivity index (χ2v) is 7.33. The summed E-state index contributed by atoms with van der Waals surface area (Å²) in [6, 6.07) is 6.50. The quantitative estimate of drug-likeness (QED) is 0.802. The van der Waals surface area contributed by atoms with E-state index in [2.05, 4.69) is 55.3 Å². The molecule has 0 amide bonds. The van der Waals surface area contributed by atoms with Gasteiger partial charge in [0, 0.05) is 12.2 Å². The topological polar surface area (TPSA) is 24.9 Å². The second-order valence-electron chi connectivity index (χ2n) is 6.09. The van der Waals surface area contributed by atoms with Crippen LogP contribution in [0.15, 0.2) is 29.8 Å². The van der Waals surface area contributed by atoms with E-state index in [0.717, 1.165) is 28.9 Å². The number of rotatable bonds is 3. The third-order valence-electron chi connectivity index (χ3n) is 3.98. The first kappa shape index (κ1) is 13.6. The minimum absolute atomic E-state index is 0.724. The fraction of sp³-hybridized carbons (Fsp3) is 0.471. The van der Waals surface area contributed by atoms with Crippen molar-refractivity contribution >= 4 is 27.2 Å². The first-order valence-electron chi connectivity index (χ1n) is 7.38. The lowest BCUT2D eigenvalue weighted by molar-refractivity contribution is 0.421. The molecule has 20 heavy (non-hydrogen) atoms. The van der Waals surface area contributed by atoms with Gasteiger partial charge in [0.05, 0.1) is 15.2 Å². The predicted octanol–water partition coefficient (Wildman–Crippen LogP) is 5.01. The lowest BCUT2D eigenvalue weighted by atomic mass is 9.84. The number of nitrogens with zero attached hydrogens (tertiary/aromatic N) is 1. The van der Waals surface area contributed by atoms with Gasteiger partial charge in [0.2, 0.25) is 0 Å². The van der Waals surface area contributed by atoms with Gasteiger partial charge in [-0.05, 0) is 56.7 Å². The summed E-state index contributed by atoms with van der Waals surface area (Å²) < 4.78 is 1.28. The summed E-state index contributed by atoms with van der Waals surface area (Å²) in [5.74, 6) is 1.48. The SMILES string of the molecule is CC1=CC(C)CC(CNc2ccc3nc(C)sc3c2)C1.